The highest BCUT2D eigenvalue weighted by Gasteiger charge is 2.41. The lowest BCUT2D eigenvalue weighted by Crippen LogP contribution is -2.44. The van der Waals surface area contributed by atoms with Gasteiger partial charge in [-0.3, -0.25) is 0 Å². The summed E-state index contributed by atoms with van der Waals surface area (Å²) in [5.74, 6) is -2.27. The van der Waals surface area contributed by atoms with Crippen LogP contribution < -0.4 is 0 Å². The third-order valence-corrected chi connectivity index (χ3v) is 6.98. The van der Waals surface area contributed by atoms with Gasteiger partial charge in [-0.1, -0.05) is 19.7 Å². The minimum Gasteiger partial charge on any atom is -0.407 e. The van der Waals surface area contributed by atoms with E-state index in [-0.39, 0.29) is 16.7 Å². The molecule has 0 aliphatic carbocycles. The number of esters is 2. The van der Waals surface area contributed by atoms with Crippen molar-refractivity contribution in [1.29, 1.82) is 0 Å². The molecule has 29 heavy (non-hydrogen) atoms. The molecule has 0 bridgehead atoms. The van der Waals surface area contributed by atoms with Crippen molar-refractivity contribution in [2.24, 2.45) is 4.91 Å². The first-order valence-electron chi connectivity index (χ1n) is 8.48. The highest BCUT2D eigenvalue weighted by molar-refractivity contribution is 7.58. The van der Waals surface area contributed by atoms with Gasteiger partial charge in [0.2, 0.25) is 7.51 Å². The summed E-state index contributed by atoms with van der Waals surface area (Å²) in [6.07, 6.45) is -1.49. The molecule has 0 aromatic carbocycles. The molecule has 0 rings (SSSR count). The van der Waals surface area contributed by atoms with Crippen LogP contribution >= 0.6 is 7.51 Å². The average molecular weight is 430 g/mol. The van der Waals surface area contributed by atoms with E-state index in [1.54, 1.807) is 37.5 Å². The molecule has 0 aliphatic heterocycles. The molecule has 0 aliphatic rings. The summed E-state index contributed by atoms with van der Waals surface area (Å²) < 4.78 is 15.4. The van der Waals surface area contributed by atoms with Gasteiger partial charge in [0.1, 0.15) is 0 Å². The van der Waals surface area contributed by atoms with E-state index in [4.69, 9.17) is 14.3 Å². The minimum absolute atomic E-state index is 0.110. The number of carbonyl (C=O) groups is 3. The van der Waals surface area contributed by atoms with E-state index in [1.807, 2.05) is 0 Å². The Morgan fingerprint density at radius 2 is 1.10 bits per heavy atom. The topological polar surface area (TPSA) is 101 Å². The Labute approximate surface area is 172 Å². The van der Waals surface area contributed by atoms with Crippen molar-refractivity contribution in [2.75, 3.05) is 35.2 Å². The molecule has 0 amide bonds. The molecule has 0 saturated heterocycles. The zero-order valence-electron chi connectivity index (χ0n) is 18.4. The van der Waals surface area contributed by atoms with Gasteiger partial charge in [0.25, 0.3) is 0 Å². The molecule has 0 spiro atoms. The first kappa shape index (κ1) is 26.7. The molecule has 0 aromatic rings. The van der Waals surface area contributed by atoms with Gasteiger partial charge in [-0.15, -0.1) is 0 Å². The Kier molecular flexibility index (Phi) is 10.2. The van der Waals surface area contributed by atoms with E-state index in [9.17, 15) is 14.4 Å². The molecule has 0 aromatic heterocycles. The zero-order chi connectivity index (χ0) is 23.1. The van der Waals surface area contributed by atoms with Gasteiger partial charge in [0, 0.05) is 23.8 Å². The third kappa shape index (κ3) is 6.93. The molecule has 0 heterocycles. The van der Waals surface area contributed by atoms with Gasteiger partial charge in [-0.2, -0.15) is 4.67 Å². The Hall–Kier alpha value is -2.26. The van der Waals surface area contributed by atoms with Gasteiger partial charge < -0.3 is 14.3 Å². The average Bonchev–Trinajstić information content (AvgIpc) is 2.59. The molecule has 164 valence electrons. The maximum atomic E-state index is 12.1. The molecule has 0 fully saturated rings. The van der Waals surface area contributed by atoms with Gasteiger partial charge in [-0.25, -0.2) is 23.7 Å². The van der Waals surface area contributed by atoms with Crippen molar-refractivity contribution in [1.82, 2.24) is 14.0 Å². The highest BCUT2D eigenvalue weighted by atomic mass is 31.2. The van der Waals surface area contributed by atoms with Crippen LogP contribution in [0.3, 0.4) is 0 Å². The zero-order valence-corrected chi connectivity index (χ0v) is 19.3. The van der Waals surface area contributed by atoms with E-state index < -0.39 is 31.8 Å². The summed E-state index contributed by atoms with van der Waals surface area (Å²) >= 11 is 0. The molecule has 10 nitrogen and oxygen atoms in total. The lowest BCUT2D eigenvalue weighted by Gasteiger charge is -2.43. The second kappa shape index (κ2) is 11.1. The quantitative estimate of drug-likeness (QED) is 0.170. The maximum Gasteiger partial charge on any atom is 0.360 e. The van der Waals surface area contributed by atoms with E-state index in [1.165, 1.54) is 32.5 Å². The predicted molar refractivity (Wildman–Crippen MR) is 111 cm³/mol. The van der Waals surface area contributed by atoms with Gasteiger partial charge >= 0.3 is 24.3 Å². The van der Waals surface area contributed by atoms with E-state index in [0.717, 1.165) is 0 Å². The summed E-state index contributed by atoms with van der Waals surface area (Å²) in [7, 11) is 5.28. The van der Waals surface area contributed by atoms with Crippen molar-refractivity contribution >= 4 is 25.4 Å². The molecule has 0 atom stereocenters. The standard InChI is InChI=1S/C18H31N4O6P/c1-12(2)15(23)26-18(27-16(24)13(3)4)22(11)29(20(7)8,21(9)10)19-28-17(25)14(5)6/h18H,1,3,5H2,2,4,6-11H3. The molecule has 0 unspecified atom stereocenters. The molecular formula is C18H31N4O6P. The fourth-order valence-electron chi connectivity index (χ4n) is 1.98. The number of hydrogen-bond donors (Lipinski definition) is 0. The van der Waals surface area contributed by atoms with Crippen LogP contribution in [0, 0.1) is 0 Å². The Morgan fingerprint density at radius 1 is 0.759 bits per heavy atom. The van der Waals surface area contributed by atoms with E-state index >= 15 is 0 Å². The Bertz CT molecular complexity index is 719. The van der Waals surface area contributed by atoms with Crippen LogP contribution in [0.25, 0.3) is 0 Å². The van der Waals surface area contributed by atoms with Crippen LogP contribution in [-0.4, -0.2) is 73.6 Å². The monoisotopic (exact) mass is 430 g/mol. The second-order valence-corrected chi connectivity index (χ2v) is 10.2. The lowest BCUT2D eigenvalue weighted by atomic mass is 10.4. The van der Waals surface area contributed by atoms with Gasteiger partial charge in [0.15, 0.2) is 0 Å². The Balaban J connectivity index is 6.39. The molecular weight excluding hydrogens is 399 g/mol. The first-order chi connectivity index (χ1) is 13.2. The van der Waals surface area contributed by atoms with Crippen molar-refractivity contribution in [3.8, 4) is 0 Å². The second-order valence-electron chi connectivity index (χ2n) is 6.72. The highest BCUT2D eigenvalue weighted by Crippen LogP contribution is 2.57. The smallest absolute Gasteiger partial charge is 0.360 e. The van der Waals surface area contributed by atoms with Crippen molar-refractivity contribution in [3.63, 3.8) is 0 Å². The van der Waals surface area contributed by atoms with Crippen LogP contribution in [0.1, 0.15) is 20.8 Å². The molecule has 0 N–H and O–H groups in total. The summed E-state index contributed by atoms with van der Waals surface area (Å²) in [6, 6.07) is 0. The third-order valence-electron chi connectivity index (χ3n) is 3.50. The van der Waals surface area contributed by atoms with Crippen LogP contribution in [-0.2, 0) is 28.7 Å². The van der Waals surface area contributed by atoms with Crippen LogP contribution in [0.15, 0.2) is 41.4 Å². The van der Waals surface area contributed by atoms with Crippen molar-refractivity contribution < 1.29 is 28.7 Å². The van der Waals surface area contributed by atoms with Crippen molar-refractivity contribution in [2.45, 2.75) is 27.2 Å². The Morgan fingerprint density at radius 3 is 1.38 bits per heavy atom. The summed E-state index contributed by atoms with van der Waals surface area (Å²) in [5, 5.41) is 0. The molecule has 11 heteroatoms. The van der Waals surface area contributed by atoms with E-state index in [0.29, 0.717) is 0 Å². The number of carbonyl (C=O) groups excluding carboxylic acids is 3. The van der Waals surface area contributed by atoms with Gasteiger partial charge in [-0.05, 0) is 53.9 Å². The fraction of sp³-hybridized carbons (Fsp3) is 0.500. The predicted octanol–water partition coefficient (Wildman–Crippen LogP) is 2.54. The van der Waals surface area contributed by atoms with Crippen LogP contribution in [0.2, 0.25) is 0 Å². The number of rotatable bonds is 10. The van der Waals surface area contributed by atoms with Crippen molar-refractivity contribution in [3.05, 3.63) is 36.5 Å². The van der Waals surface area contributed by atoms with Crippen LogP contribution in [0.5, 0.6) is 0 Å². The van der Waals surface area contributed by atoms with Crippen LogP contribution in [0.4, 0.5) is 0 Å². The largest absolute Gasteiger partial charge is 0.407 e. The lowest BCUT2D eigenvalue weighted by molar-refractivity contribution is -0.202. The number of nitrogens with zero attached hydrogens (tertiary/aromatic N) is 4. The van der Waals surface area contributed by atoms with Gasteiger partial charge in [0.05, 0.1) is 0 Å². The summed E-state index contributed by atoms with van der Waals surface area (Å²) in [6.45, 7) is 15.0. The van der Waals surface area contributed by atoms with E-state index in [2.05, 4.69) is 24.6 Å². The normalized spacial score (nSPS) is 11.4. The number of hydrogen-bond acceptors (Lipinski definition) is 7. The summed E-state index contributed by atoms with van der Waals surface area (Å²) in [4.78, 5) is 45.4. The summed E-state index contributed by atoms with van der Waals surface area (Å²) in [5.41, 5.74) is 0.379. The number of ether oxygens (including phenoxy) is 2. The molecule has 0 radical (unpaired) electrons. The first-order valence-corrected chi connectivity index (χ1v) is 10.1. The maximum absolute atomic E-state index is 12.1. The SMILES string of the molecule is C=C(C)C(=O)ON=P(N(C)C)(N(C)C)N(C)C(OC(=O)C(=C)C)OC(=O)C(=C)C. The molecule has 0 saturated carbocycles. The fourth-order valence-corrected chi connectivity index (χ4v) is 4.77. The minimum atomic E-state index is -3.03.